The van der Waals surface area contributed by atoms with Crippen LogP contribution in [0.3, 0.4) is 0 Å². The fourth-order valence-corrected chi connectivity index (χ4v) is 8.14. The summed E-state index contributed by atoms with van der Waals surface area (Å²) in [5, 5.41) is 7.95. The molecular weight excluding hydrogens is 551 g/mol. The van der Waals surface area contributed by atoms with Crippen LogP contribution in [0.1, 0.15) is 19.5 Å². The summed E-state index contributed by atoms with van der Waals surface area (Å²) in [5.74, 6) is -0.0469. The van der Waals surface area contributed by atoms with Crippen molar-refractivity contribution in [1.82, 2.24) is 14.1 Å². The van der Waals surface area contributed by atoms with Gasteiger partial charge < -0.3 is 4.90 Å². The molecule has 11 heteroatoms. The summed E-state index contributed by atoms with van der Waals surface area (Å²) < 4.78 is 28.2. The topological polar surface area (TPSA) is 60.9 Å². The molecule has 0 saturated heterocycles. The normalized spacial score (nSPS) is 12.0. The van der Waals surface area contributed by atoms with Crippen molar-refractivity contribution in [2.75, 3.05) is 25.9 Å². The van der Waals surface area contributed by atoms with Crippen molar-refractivity contribution in [3.63, 3.8) is 0 Å². The summed E-state index contributed by atoms with van der Waals surface area (Å²) in [5.41, 5.74) is 0. The zero-order chi connectivity index (χ0) is 25.4. The summed E-state index contributed by atoms with van der Waals surface area (Å²) in [6, 6.07) is 15.8. The molecule has 0 fully saturated rings. The molecule has 0 spiro atoms. The molecule has 4 aromatic rings. The van der Waals surface area contributed by atoms with E-state index in [9.17, 15) is 13.2 Å². The quantitative estimate of drug-likeness (QED) is 0.200. The first-order valence-corrected chi connectivity index (χ1v) is 16.6. The van der Waals surface area contributed by atoms with Crippen molar-refractivity contribution in [2.24, 2.45) is 0 Å². The highest BCUT2D eigenvalue weighted by Crippen LogP contribution is 2.21. The van der Waals surface area contributed by atoms with Gasteiger partial charge in [0.25, 0.3) is 0 Å². The Morgan fingerprint density at radius 3 is 1.53 bits per heavy atom. The molecule has 1 amide bonds. The van der Waals surface area contributed by atoms with Gasteiger partial charge in [-0.25, -0.2) is 8.42 Å². The Labute approximate surface area is 229 Å². The van der Waals surface area contributed by atoms with Gasteiger partial charge in [-0.15, -0.1) is 45.3 Å². The molecule has 0 unspecified atom stereocenters. The molecule has 0 N–H and O–H groups in total. The van der Waals surface area contributed by atoms with Crippen LogP contribution in [0.25, 0.3) is 0 Å². The zero-order valence-corrected chi connectivity index (χ0v) is 24.1. The third-order valence-electron chi connectivity index (χ3n) is 5.56. The van der Waals surface area contributed by atoms with Crippen LogP contribution in [-0.4, -0.2) is 54.3 Å². The lowest BCUT2D eigenvalue weighted by Gasteiger charge is -2.26. The van der Waals surface area contributed by atoms with Crippen LogP contribution in [0.5, 0.6) is 0 Å². The largest absolute Gasteiger partial charge is 0.331 e. The number of rotatable bonds is 14. The Morgan fingerprint density at radius 1 is 0.722 bits per heavy atom. The van der Waals surface area contributed by atoms with Gasteiger partial charge in [0.2, 0.25) is 15.9 Å². The fraction of sp³-hybridized carbons (Fsp3) is 0.320. The molecule has 0 aliphatic rings. The highest BCUT2D eigenvalue weighted by Gasteiger charge is 2.25. The van der Waals surface area contributed by atoms with E-state index in [1.165, 1.54) is 0 Å². The number of hydrogen-bond acceptors (Lipinski definition) is 8. The molecule has 0 radical (unpaired) electrons. The zero-order valence-electron chi connectivity index (χ0n) is 20.0. The van der Waals surface area contributed by atoms with Crippen LogP contribution in [0.2, 0.25) is 0 Å². The van der Waals surface area contributed by atoms with E-state index >= 15 is 0 Å². The van der Waals surface area contributed by atoms with Crippen LogP contribution in [0.4, 0.5) is 0 Å². The van der Waals surface area contributed by atoms with Crippen molar-refractivity contribution in [3.05, 3.63) is 89.6 Å². The van der Waals surface area contributed by atoms with E-state index in [-0.39, 0.29) is 24.7 Å². The summed E-state index contributed by atoms with van der Waals surface area (Å²) in [6.07, 6.45) is 0. The van der Waals surface area contributed by atoms with Gasteiger partial charge in [-0.1, -0.05) is 24.3 Å². The van der Waals surface area contributed by atoms with Crippen molar-refractivity contribution in [3.8, 4) is 0 Å². The first kappa shape index (κ1) is 27.2. The number of amides is 1. The van der Waals surface area contributed by atoms with Crippen LogP contribution >= 0.6 is 45.3 Å². The lowest BCUT2D eigenvalue weighted by Crippen LogP contribution is -2.41. The Balaban J connectivity index is 1.37. The molecular formula is C25H29N3O3S5. The third-order valence-corrected chi connectivity index (χ3v) is 10.7. The molecule has 4 heterocycles. The lowest BCUT2D eigenvalue weighted by atomic mass is 10.3. The molecule has 0 aliphatic heterocycles. The van der Waals surface area contributed by atoms with Gasteiger partial charge >= 0.3 is 0 Å². The van der Waals surface area contributed by atoms with Gasteiger partial charge in [-0.2, -0.15) is 4.31 Å². The van der Waals surface area contributed by atoms with E-state index in [1.807, 2.05) is 86.9 Å². The van der Waals surface area contributed by atoms with Crippen LogP contribution in [-0.2, 0) is 41.0 Å². The monoisotopic (exact) mass is 579 g/mol. The second kappa shape index (κ2) is 13.1. The lowest BCUT2D eigenvalue weighted by molar-refractivity contribution is -0.133. The van der Waals surface area contributed by atoms with Gasteiger partial charge in [-0.05, 0) is 52.8 Å². The minimum Gasteiger partial charge on any atom is -0.331 e. The molecule has 36 heavy (non-hydrogen) atoms. The number of carbonyl (C=O) groups excluding carboxylic acids is 1. The van der Waals surface area contributed by atoms with Gasteiger partial charge in [0.1, 0.15) is 0 Å². The van der Waals surface area contributed by atoms with Crippen molar-refractivity contribution < 1.29 is 13.2 Å². The molecule has 0 aliphatic carbocycles. The van der Waals surface area contributed by atoms with Crippen LogP contribution in [0, 0.1) is 0 Å². The number of nitrogens with zero attached hydrogens (tertiary/aromatic N) is 3. The maximum atomic E-state index is 13.3. The van der Waals surface area contributed by atoms with E-state index in [1.54, 1.807) is 49.7 Å². The second-order valence-electron chi connectivity index (χ2n) is 8.39. The summed E-state index contributed by atoms with van der Waals surface area (Å²) >= 11 is 6.38. The van der Waals surface area contributed by atoms with Gasteiger partial charge in [-0.3, -0.25) is 9.69 Å². The molecule has 0 aromatic carbocycles. The summed E-state index contributed by atoms with van der Waals surface area (Å²) in [4.78, 5) is 21.2. The molecule has 0 atom stereocenters. The fourth-order valence-electron chi connectivity index (χ4n) is 3.63. The predicted molar refractivity (Wildman–Crippen MR) is 152 cm³/mol. The minimum absolute atomic E-state index is 0.00859. The highest BCUT2D eigenvalue weighted by atomic mass is 32.2. The SMILES string of the molecule is CN(CCS(=O)(=O)N(Cc1cccs1)Cc1cccs1)CC(=O)N(Cc1cccs1)Cc1cccs1. The van der Waals surface area contributed by atoms with Crippen molar-refractivity contribution >= 4 is 61.3 Å². The number of likely N-dealkylation sites (N-methyl/N-ethyl adjacent to an activating group) is 1. The smallest absolute Gasteiger partial charge is 0.237 e. The van der Waals surface area contributed by atoms with Gasteiger partial charge in [0.05, 0.1) is 25.4 Å². The number of sulfonamides is 1. The first-order chi connectivity index (χ1) is 17.4. The standard InChI is InChI=1S/C25H29N3O3S5/c1-26(20-25(29)27(16-21-6-2-11-32-21)17-22-7-3-12-33-22)10-15-36(30,31)28(18-23-8-4-13-34-23)19-24-9-5-14-35-24/h2-9,11-14H,10,15-20H2,1H3. The van der Waals surface area contributed by atoms with Crippen molar-refractivity contribution in [2.45, 2.75) is 26.2 Å². The summed E-state index contributed by atoms with van der Waals surface area (Å²) in [7, 11) is -1.71. The second-order valence-corrected chi connectivity index (χ2v) is 14.6. The predicted octanol–water partition coefficient (Wildman–Crippen LogP) is 5.43. The third kappa shape index (κ3) is 8.07. The Bertz CT molecular complexity index is 1200. The molecule has 192 valence electrons. The maximum absolute atomic E-state index is 13.3. The van der Waals surface area contributed by atoms with E-state index in [2.05, 4.69) is 0 Å². The van der Waals surface area contributed by atoms with Crippen molar-refractivity contribution in [1.29, 1.82) is 0 Å². The average molecular weight is 580 g/mol. The molecule has 4 rings (SSSR count). The Hall–Kier alpha value is -1.86. The molecule has 0 saturated carbocycles. The maximum Gasteiger partial charge on any atom is 0.237 e. The molecule has 0 bridgehead atoms. The minimum atomic E-state index is -3.52. The van der Waals surface area contributed by atoms with E-state index in [0.29, 0.717) is 26.2 Å². The highest BCUT2D eigenvalue weighted by molar-refractivity contribution is 7.89. The van der Waals surface area contributed by atoms with E-state index < -0.39 is 10.0 Å². The molecule has 6 nitrogen and oxygen atoms in total. The number of thiophene rings is 4. The van der Waals surface area contributed by atoms with E-state index in [4.69, 9.17) is 0 Å². The van der Waals surface area contributed by atoms with Gasteiger partial charge in [0.15, 0.2) is 0 Å². The Kier molecular flexibility index (Phi) is 9.88. The Morgan fingerprint density at radius 2 is 1.14 bits per heavy atom. The average Bonchev–Trinajstić information content (AvgIpc) is 3.66. The van der Waals surface area contributed by atoms with Crippen LogP contribution < -0.4 is 0 Å². The number of carbonyl (C=O) groups is 1. The number of hydrogen-bond donors (Lipinski definition) is 0. The first-order valence-electron chi connectivity index (χ1n) is 11.4. The van der Waals surface area contributed by atoms with Gasteiger partial charge in [0, 0.05) is 39.1 Å². The molecule has 4 aromatic heterocycles. The van der Waals surface area contributed by atoms with Crippen LogP contribution in [0.15, 0.2) is 70.1 Å². The van der Waals surface area contributed by atoms with E-state index in [0.717, 1.165) is 19.5 Å². The summed E-state index contributed by atoms with van der Waals surface area (Å²) in [6.45, 7) is 2.27.